The van der Waals surface area contributed by atoms with Crippen molar-refractivity contribution in [3.63, 3.8) is 0 Å². The zero-order valence-electron chi connectivity index (χ0n) is 14.9. The molecule has 1 aliphatic heterocycles. The molecule has 1 aliphatic rings. The van der Waals surface area contributed by atoms with Crippen LogP contribution >= 0.6 is 11.6 Å². The van der Waals surface area contributed by atoms with Gasteiger partial charge in [-0.25, -0.2) is 9.59 Å². The Balaban J connectivity index is 2.03. The van der Waals surface area contributed by atoms with Crippen molar-refractivity contribution in [3.05, 3.63) is 86.6 Å². The molecule has 0 radical (unpaired) electrons. The number of esters is 1. The van der Waals surface area contributed by atoms with E-state index in [0.29, 0.717) is 21.6 Å². The average Bonchev–Trinajstić information content (AvgIpc) is 2.68. The van der Waals surface area contributed by atoms with Crippen LogP contribution in [-0.2, 0) is 9.53 Å². The molecule has 0 bridgehead atoms. The lowest BCUT2D eigenvalue weighted by atomic mass is 9.83. The van der Waals surface area contributed by atoms with E-state index < -0.39 is 17.5 Å². The molecule has 0 saturated heterocycles. The zero-order valence-corrected chi connectivity index (χ0v) is 15.7. The van der Waals surface area contributed by atoms with Crippen LogP contribution in [0.15, 0.2) is 69.2 Å². The van der Waals surface area contributed by atoms with E-state index in [0.717, 1.165) is 0 Å². The van der Waals surface area contributed by atoms with E-state index >= 15 is 0 Å². The minimum Gasteiger partial charge on any atom is -0.462 e. The molecule has 2 N–H and O–H groups in total. The van der Waals surface area contributed by atoms with Crippen molar-refractivity contribution in [2.24, 2.45) is 5.73 Å². The van der Waals surface area contributed by atoms with Gasteiger partial charge in [-0.3, -0.25) is 0 Å². The Kier molecular flexibility index (Phi) is 4.57. The van der Waals surface area contributed by atoms with Gasteiger partial charge in [-0.05, 0) is 36.8 Å². The molecule has 0 aliphatic carbocycles. The Morgan fingerprint density at radius 3 is 2.61 bits per heavy atom. The summed E-state index contributed by atoms with van der Waals surface area (Å²) in [6.07, 6.45) is 0. The molecule has 142 valence electrons. The van der Waals surface area contributed by atoms with Crippen LogP contribution in [0.4, 0.5) is 0 Å². The highest BCUT2D eigenvalue weighted by Gasteiger charge is 2.39. The molecule has 7 heteroatoms. The predicted molar refractivity (Wildman–Crippen MR) is 104 cm³/mol. The summed E-state index contributed by atoms with van der Waals surface area (Å²) in [7, 11) is 0. The standard InChI is InChI=1S/C21H16ClNO5/c1-2-26-20(24)17-15(11-7-9-12(22)10-8-11)16-18(28-19(17)23)13-5-3-4-6-14(13)27-21(16)25/h3-10,15H,2,23H2,1H3. The Labute approximate surface area is 165 Å². The van der Waals surface area contributed by atoms with Crippen molar-refractivity contribution in [1.29, 1.82) is 0 Å². The van der Waals surface area contributed by atoms with E-state index in [9.17, 15) is 9.59 Å². The molecule has 3 aromatic rings. The Bertz CT molecular complexity index is 1160. The lowest BCUT2D eigenvalue weighted by Gasteiger charge is -2.28. The molecule has 4 rings (SSSR count). The largest absolute Gasteiger partial charge is 0.462 e. The number of nitrogens with two attached hydrogens (primary N) is 1. The van der Waals surface area contributed by atoms with Gasteiger partial charge in [0.15, 0.2) is 5.75 Å². The Morgan fingerprint density at radius 2 is 1.89 bits per heavy atom. The minimum absolute atomic E-state index is 0.0549. The molecular weight excluding hydrogens is 382 g/mol. The van der Waals surface area contributed by atoms with Gasteiger partial charge >= 0.3 is 11.6 Å². The number of rotatable bonds is 3. The summed E-state index contributed by atoms with van der Waals surface area (Å²) in [4.78, 5) is 25.5. The predicted octanol–water partition coefficient (Wildman–Crippen LogP) is 3.70. The van der Waals surface area contributed by atoms with Gasteiger partial charge in [0.05, 0.1) is 23.5 Å². The fourth-order valence-corrected chi connectivity index (χ4v) is 3.49. The summed E-state index contributed by atoms with van der Waals surface area (Å²) >= 11 is 6.00. The second-order valence-corrected chi connectivity index (χ2v) is 6.65. The van der Waals surface area contributed by atoms with Crippen LogP contribution in [0.2, 0.25) is 5.02 Å². The van der Waals surface area contributed by atoms with E-state index in [2.05, 4.69) is 0 Å². The summed E-state index contributed by atoms with van der Waals surface area (Å²) < 4.78 is 16.4. The van der Waals surface area contributed by atoms with Gasteiger partial charge in [-0.1, -0.05) is 35.9 Å². The molecular formula is C21H16ClNO5. The number of carbonyl (C=O) groups excluding carboxylic acids is 1. The van der Waals surface area contributed by atoms with Gasteiger partial charge < -0.3 is 19.6 Å². The Morgan fingerprint density at radius 1 is 1.18 bits per heavy atom. The number of ether oxygens (including phenoxy) is 2. The third kappa shape index (κ3) is 2.92. The lowest BCUT2D eigenvalue weighted by molar-refractivity contribution is -0.139. The molecule has 0 saturated carbocycles. The van der Waals surface area contributed by atoms with Crippen molar-refractivity contribution in [1.82, 2.24) is 0 Å². The fraction of sp³-hybridized carbons (Fsp3) is 0.143. The van der Waals surface area contributed by atoms with Crippen LogP contribution in [0.5, 0.6) is 5.75 Å². The van der Waals surface area contributed by atoms with E-state index in [1.54, 1.807) is 55.5 Å². The molecule has 1 unspecified atom stereocenters. The van der Waals surface area contributed by atoms with Crippen molar-refractivity contribution in [2.75, 3.05) is 6.61 Å². The molecule has 1 atom stereocenters. The molecule has 6 nitrogen and oxygen atoms in total. The molecule has 0 fully saturated rings. The number of halogens is 1. The molecule has 0 spiro atoms. The highest BCUT2D eigenvalue weighted by atomic mass is 35.5. The summed E-state index contributed by atoms with van der Waals surface area (Å²) in [5.41, 5.74) is 6.77. The molecule has 1 aromatic heterocycles. The first kappa shape index (κ1) is 18.1. The number of hydrogen-bond donors (Lipinski definition) is 1. The van der Waals surface area contributed by atoms with Gasteiger partial charge in [0.1, 0.15) is 11.2 Å². The maximum atomic E-state index is 12.9. The van der Waals surface area contributed by atoms with Crippen LogP contribution in [0, 0.1) is 0 Å². The van der Waals surface area contributed by atoms with Gasteiger partial charge in [-0.2, -0.15) is 0 Å². The number of carbonyl (C=O) groups is 1. The first-order valence-corrected chi connectivity index (χ1v) is 9.05. The summed E-state index contributed by atoms with van der Waals surface area (Å²) in [5, 5.41) is 1.11. The van der Waals surface area contributed by atoms with Gasteiger partial charge in [0, 0.05) is 5.02 Å². The molecule has 2 heterocycles. The van der Waals surface area contributed by atoms with Crippen LogP contribution in [0.3, 0.4) is 0 Å². The number of hydrogen-bond acceptors (Lipinski definition) is 6. The van der Waals surface area contributed by atoms with Gasteiger partial charge in [-0.15, -0.1) is 0 Å². The Hall–Kier alpha value is -3.25. The highest BCUT2D eigenvalue weighted by Crippen LogP contribution is 2.44. The number of benzene rings is 2. The van der Waals surface area contributed by atoms with Gasteiger partial charge in [0.25, 0.3) is 0 Å². The first-order chi connectivity index (χ1) is 13.5. The van der Waals surface area contributed by atoms with E-state index in [1.165, 1.54) is 0 Å². The van der Waals surface area contributed by atoms with Crippen molar-refractivity contribution >= 4 is 28.5 Å². The van der Waals surface area contributed by atoms with E-state index in [4.69, 9.17) is 31.2 Å². The molecule has 2 aromatic carbocycles. The minimum atomic E-state index is -0.805. The summed E-state index contributed by atoms with van der Waals surface area (Å²) in [6, 6.07) is 13.8. The normalized spacial score (nSPS) is 15.9. The first-order valence-electron chi connectivity index (χ1n) is 8.67. The molecule has 0 amide bonds. The maximum Gasteiger partial charge on any atom is 0.344 e. The van der Waals surface area contributed by atoms with Crippen molar-refractivity contribution in [2.45, 2.75) is 12.8 Å². The quantitative estimate of drug-likeness (QED) is 0.535. The second-order valence-electron chi connectivity index (χ2n) is 6.21. The third-order valence-corrected chi connectivity index (χ3v) is 4.80. The lowest BCUT2D eigenvalue weighted by Crippen LogP contribution is -2.31. The maximum absolute atomic E-state index is 12.9. The van der Waals surface area contributed by atoms with E-state index in [-0.39, 0.29) is 29.4 Å². The van der Waals surface area contributed by atoms with E-state index in [1.807, 2.05) is 0 Å². The van der Waals surface area contributed by atoms with Crippen LogP contribution < -0.4 is 16.1 Å². The second kappa shape index (κ2) is 7.05. The zero-order chi connectivity index (χ0) is 19.8. The number of fused-ring (bicyclic) bond motifs is 3. The SMILES string of the molecule is CCOC(=O)C1=C(N)Oc2c(c(=O)oc3ccccc23)C1c1ccc(Cl)cc1. The van der Waals surface area contributed by atoms with Crippen LogP contribution in [0.25, 0.3) is 11.0 Å². The number of para-hydroxylation sites is 1. The highest BCUT2D eigenvalue weighted by molar-refractivity contribution is 6.30. The van der Waals surface area contributed by atoms with Crippen LogP contribution in [0.1, 0.15) is 24.0 Å². The third-order valence-electron chi connectivity index (χ3n) is 4.55. The van der Waals surface area contributed by atoms with Crippen molar-refractivity contribution < 1.29 is 18.7 Å². The van der Waals surface area contributed by atoms with Crippen LogP contribution in [-0.4, -0.2) is 12.6 Å². The van der Waals surface area contributed by atoms with Crippen molar-refractivity contribution in [3.8, 4) is 5.75 Å². The molecule has 28 heavy (non-hydrogen) atoms. The summed E-state index contributed by atoms with van der Waals surface area (Å²) in [5.74, 6) is -1.29. The average molecular weight is 398 g/mol. The summed E-state index contributed by atoms with van der Waals surface area (Å²) in [6.45, 7) is 1.84. The monoisotopic (exact) mass is 397 g/mol. The topological polar surface area (TPSA) is 91.8 Å². The van der Waals surface area contributed by atoms with Gasteiger partial charge in [0.2, 0.25) is 5.88 Å². The fourth-order valence-electron chi connectivity index (χ4n) is 3.36. The smallest absolute Gasteiger partial charge is 0.344 e.